The molecular weight excluding hydrogens is 278 g/mol. The molecule has 0 bridgehead atoms. The number of nitrogens with zero attached hydrogens (tertiary/aromatic N) is 2. The maximum absolute atomic E-state index is 12.5. The van der Waals surface area contributed by atoms with E-state index in [-0.39, 0.29) is 17.0 Å². The first-order valence-electron chi connectivity index (χ1n) is 6.82. The van der Waals surface area contributed by atoms with Crippen molar-refractivity contribution in [3.05, 3.63) is 27.1 Å². The standard InChI is InChI=1S/C13H19N3O3S/c1-2-9-5-6-15(10(7-9)8-14)13(17)11-3-4-12(20-11)16(18)19/h3-4,9-10H,2,5-8,14H2,1H3. The van der Waals surface area contributed by atoms with Gasteiger partial charge in [0.15, 0.2) is 0 Å². The first kappa shape index (κ1) is 14.9. The molecule has 1 amide bonds. The molecule has 1 aromatic heterocycles. The van der Waals surface area contributed by atoms with Crippen LogP contribution in [-0.2, 0) is 0 Å². The number of thiophene rings is 1. The summed E-state index contributed by atoms with van der Waals surface area (Å²) in [5.41, 5.74) is 5.78. The molecular formula is C13H19N3O3S. The molecule has 110 valence electrons. The van der Waals surface area contributed by atoms with Gasteiger partial charge in [-0.25, -0.2) is 0 Å². The van der Waals surface area contributed by atoms with Gasteiger partial charge in [-0.2, -0.15) is 0 Å². The van der Waals surface area contributed by atoms with E-state index >= 15 is 0 Å². The van der Waals surface area contributed by atoms with Gasteiger partial charge < -0.3 is 10.6 Å². The minimum atomic E-state index is -0.467. The van der Waals surface area contributed by atoms with E-state index in [9.17, 15) is 14.9 Å². The van der Waals surface area contributed by atoms with Crippen LogP contribution in [0.15, 0.2) is 12.1 Å². The Bertz CT molecular complexity index is 503. The maximum atomic E-state index is 12.5. The smallest absolute Gasteiger partial charge is 0.324 e. The SMILES string of the molecule is CCC1CCN(C(=O)c2ccc([N+](=O)[O-])s2)C(CN)C1. The molecule has 1 aliphatic heterocycles. The molecule has 0 saturated carbocycles. The van der Waals surface area contributed by atoms with E-state index in [1.807, 2.05) is 0 Å². The number of hydrogen-bond acceptors (Lipinski definition) is 5. The summed E-state index contributed by atoms with van der Waals surface area (Å²) in [5.74, 6) is 0.485. The zero-order valence-corrected chi connectivity index (χ0v) is 12.3. The van der Waals surface area contributed by atoms with Gasteiger partial charge >= 0.3 is 5.00 Å². The number of amides is 1. The summed E-state index contributed by atoms with van der Waals surface area (Å²) in [5, 5.41) is 10.7. The van der Waals surface area contributed by atoms with Crippen molar-refractivity contribution < 1.29 is 9.72 Å². The van der Waals surface area contributed by atoms with Crippen LogP contribution in [0, 0.1) is 16.0 Å². The van der Waals surface area contributed by atoms with Crippen molar-refractivity contribution >= 4 is 22.2 Å². The molecule has 2 unspecified atom stereocenters. The molecule has 2 heterocycles. The van der Waals surface area contributed by atoms with Crippen LogP contribution < -0.4 is 5.73 Å². The Kier molecular flexibility index (Phi) is 4.72. The summed E-state index contributed by atoms with van der Waals surface area (Å²) < 4.78 is 0. The Balaban J connectivity index is 2.12. The summed E-state index contributed by atoms with van der Waals surface area (Å²) in [7, 11) is 0. The van der Waals surface area contributed by atoms with Crippen molar-refractivity contribution in [3.63, 3.8) is 0 Å². The zero-order valence-electron chi connectivity index (χ0n) is 11.4. The van der Waals surface area contributed by atoms with Crippen LogP contribution in [0.3, 0.4) is 0 Å². The summed E-state index contributed by atoms with van der Waals surface area (Å²) in [6.45, 7) is 3.28. The van der Waals surface area contributed by atoms with E-state index < -0.39 is 4.92 Å². The number of carbonyl (C=O) groups excluding carboxylic acids is 1. The molecule has 1 aliphatic rings. The summed E-state index contributed by atoms with van der Waals surface area (Å²) >= 11 is 0.931. The molecule has 7 heteroatoms. The van der Waals surface area contributed by atoms with Gasteiger partial charge in [0, 0.05) is 25.2 Å². The highest BCUT2D eigenvalue weighted by Crippen LogP contribution is 2.29. The predicted octanol–water partition coefficient (Wildman–Crippen LogP) is 2.25. The van der Waals surface area contributed by atoms with Gasteiger partial charge in [-0.3, -0.25) is 14.9 Å². The van der Waals surface area contributed by atoms with Gasteiger partial charge in [-0.05, 0) is 24.8 Å². The number of likely N-dealkylation sites (tertiary alicyclic amines) is 1. The summed E-state index contributed by atoms with van der Waals surface area (Å²) in [6.07, 6.45) is 3.00. The normalized spacial score (nSPS) is 22.8. The molecule has 1 aromatic rings. The third kappa shape index (κ3) is 2.99. The van der Waals surface area contributed by atoms with E-state index in [0.717, 1.165) is 30.6 Å². The molecule has 2 atom stereocenters. The van der Waals surface area contributed by atoms with Gasteiger partial charge in [0.05, 0.1) is 9.80 Å². The zero-order chi connectivity index (χ0) is 14.7. The Morgan fingerprint density at radius 2 is 2.35 bits per heavy atom. The predicted molar refractivity (Wildman–Crippen MR) is 77.9 cm³/mol. The maximum Gasteiger partial charge on any atom is 0.324 e. The lowest BCUT2D eigenvalue weighted by atomic mass is 9.89. The largest absolute Gasteiger partial charge is 0.334 e. The summed E-state index contributed by atoms with van der Waals surface area (Å²) in [4.78, 5) is 24.9. The lowest BCUT2D eigenvalue weighted by molar-refractivity contribution is -0.380. The van der Waals surface area contributed by atoms with Gasteiger partial charge in [-0.15, -0.1) is 0 Å². The van der Waals surface area contributed by atoms with Crippen molar-refractivity contribution in [2.24, 2.45) is 11.7 Å². The van der Waals surface area contributed by atoms with Gasteiger partial charge in [-0.1, -0.05) is 24.7 Å². The van der Waals surface area contributed by atoms with Crippen LogP contribution >= 0.6 is 11.3 Å². The highest BCUT2D eigenvalue weighted by atomic mass is 32.1. The third-order valence-corrected chi connectivity index (χ3v) is 4.94. The second-order valence-electron chi connectivity index (χ2n) is 5.08. The van der Waals surface area contributed by atoms with Crippen molar-refractivity contribution in [3.8, 4) is 0 Å². The second-order valence-corrected chi connectivity index (χ2v) is 6.14. The molecule has 0 spiro atoms. The first-order valence-corrected chi connectivity index (χ1v) is 7.63. The average molecular weight is 297 g/mol. The van der Waals surface area contributed by atoms with Crippen LogP contribution in [0.2, 0.25) is 0 Å². The fraction of sp³-hybridized carbons (Fsp3) is 0.615. The Morgan fingerprint density at radius 3 is 2.90 bits per heavy atom. The first-order chi connectivity index (χ1) is 9.56. The van der Waals surface area contributed by atoms with E-state index in [2.05, 4.69) is 6.92 Å². The lowest BCUT2D eigenvalue weighted by Gasteiger charge is -2.38. The quantitative estimate of drug-likeness (QED) is 0.681. The topological polar surface area (TPSA) is 89.5 Å². The van der Waals surface area contributed by atoms with Crippen molar-refractivity contribution in [1.82, 2.24) is 4.90 Å². The molecule has 1 fully saturated rings. The number of carbonyl (C=O) groups is 1. The molecule has 2 N–H and O–H groups in total. The highest BCUT2D eigenvalue weighted by molar-refractivity contribution is 7.17. The fourth-order valence-corrected chi connectivity index (χ4v) is 3.45. The van der Waals surface area contributed by atoms with Gasteiger partial charge in [0.2, 0.25) is 0 Å². The van der Waals surface area contributed by atoms with Crippen LogP contribution in [0.1, 0.15) is 35.9 Å². The molecule has 0 aliphatic carbocycles. The van der Waals surface area contributed by atoms with Crippen LogP contribution in [0.25, 0.3) is 0 Å². The molecule has 20 heavy (non-hydrogen) atoms. The van der Waals surface area contributed by atoms with Crippen LogP contribution in [0.5, 0.6) is 0 Å². The monoisotopic (exact) mass is 297 g/mol. The summed E-state index contributed by atoms with van der Waals surface area (Å²) in [6, 6.07) is 2.96. The molecule has 6 nitrogen and oxygen atoms in total. The lowest BCUT2D eigenvalue weighted by Crippen LogP contribution is -2.49. The van der Waals surface area contributed by atoms with Crippen molar-refractivity contribution in [2.45, 2.75) is 32.2 Å². The molecule has 2 rings (SSSR count). The molecule has 0 aromatic carbocycles. The highest BCUT2D eigenvalue weighted by Gasteiger charge is 2.31. The van der Waals surface area contributed by atoms with Gasteiger partial charge in [0.25, 0.3) is 5.91 Å². The minimum absolute atomic E-state index is 0.00101. The Hall–Kier alpha value is -1.47. The van der Waals surface area contributed by atoms with E-state index in [4.69, 9.17) is 5.73 Å². The van der Waals surface area contributed by atoms with Crippen molar-refractivity contribution in [1.29, 1.82) is 0 Å². The van der Waals surface area contributed by atoms with E-state index in [1.165, 1.54) is 12.1 Å². The number of nitro groups is 1. The minimum Gasteiger partial charge on any atom is -0.334 e. The van der Waals surface area contributed by atoms with E-state index in [0.29, 0.717) is 23.9 Å². The van der Waals surface area contributed by atoms with E-state index in [1.54, 1.807) is 4.90 Å². The molecule has 1 saturated heterocycles. The Morgan fingerprint density at radius 1 is 1.60 bits per heavy atom. The fourth-order valence-electron chi connectivity index (χ4n) is 2.68. The second kappa shape index (κ2) is 6.32. The van der Waals surface area contributed by atoms with Crippen LogP contribution in [-0.4, -0.2) is 34.9 Å². The molecule has 0 radical (unpaired) electrons. The third-order valence-electron chi connectivity index (χ3n) is 3.92. The Labute approximate surface area is 121 Å². The average Bonchev–Trinajstić information content (AvgIpc) is 2.95. The van der Waals surface area contributed by atoms with Crippen LogP contribution in [0.4, 0.5) is 5.00 Å². The van der Waals surface area contributed by atoms with Crippen molar-refractivity contribution in [2.75, 3.05) is 13.1 Å². The number of rotatable bonds is 4. The number of piperidine rings is 1. The number of hydrogen-bond donors (Lipinski definition) is 1. The van der Waals surface area contributed by atoms with Gasteiger partial charge in [0.1, 0.15) is 0 Å². The number of nitrogens with two attached hydrogens (primary N) is 1.